The van der Waals surface area contributed by atoms with Gasteiger partial charge in [-0.25, -0.2) is 0 Å². The lowest BCUT2D eigenvalue weighted by atomic mass is 9.68. The quantitative estimate of drug-likeness (QED) is 0.295. The fraction of sp³-hybridized carbons (Fsp3) is 0.346. The van der Waals surface area contributed by atoms with Crippen LogP contribution in [0.15, 0.2) is 45.2 Å². The monoisotopic (exact) mass is 646 g/mol. The molecular weight excluding hydrogens is 623 g/mol. The molecule has 1 atom stereocenters. The summed E-state index contributed by atoms with van der Waals surface area (Å²) in [5.74, 6) is -0.960. The first-order valence-corrected chi connectivity index (χ1v) is 15.9. The lowest BCUT2D eigenvalue weighted by Crippen LogP contribution is -2.42. The van der Waals surface area contributed by atoms with Crippen molar-refractivity contribution in [1.82, 2.24) is 20.4 Å². The topological polar surface area (TPSA) is 151 Å². The van der Waals surface area contributed by atoms with Gasteiger partial charge in [0.15, 0.2) is 10.1 Å². The van der Waals surface area contributed by atoms with Crippen LogP contribution in [-0.2, 0) is 16.0 Å². The molecule has 0 spiro atoms. The van der Waals surface area contributed by atoms with E-state index in [1.165, 1.54) is 34.4 Å². The third kappa shape index (κ3) is 5.85. The number of Topliss-reactive ketones (excluding diaryl/α,β-unsaturated/α-hetero) is 1. The maximum atomic E-state index is 13.7. The predicted octanol–water partition coefficient (Wildman–Crippen LogP) is 5.93. The summed E-state index contributed by atoms with van der Waals surface area (Å²) in [5, 5.41) is 31.9. The second kappa shape index (κ2) is 11.7. The normalized spacial score (nSPS) is 18.4. The highest BCUT2D eigenvalue weighted by atomic mass is 35.5. The van der Waals surface area contributed by atoms with Crippen LogP contribution in [0.4, 0.5) is 10.3 Å². The summed E-state index contributed by atoms with van der Waals surface area (Å²) in [6.45, 7) is 5.98. The van der Waals surface area contributed by atoms with Crippen LogP contribution in [0.2, 0.25) is 10.0 Å². The van der Waals surface area contributed by atoms with Crippen LogP contribution in [0, 0.1) is 16.7 Å². The van der Waals surface area contributed by atoms with E-state index >= 15 is 0 Å². The molecule has 212 valence electrons. The lowest BCUT2D eigenvalue weighted by molar-refractivity contribution is -0.118. The number of nitrogens with one attached hydrogen (secondary N) is 1. The SMILES string of the molecule is CCc1nnc(NC(=O)CSc2nnc(N3C(N)=C(C#N)C(c4c(Cl)cccc4Cl)C4=C3CC(C)(C)CC4=O)s2)s1. The molecule has 5 rings (SSSR count). The molecule has 3 heterocycles. The van der Waals surface area contributed by atoms with Gasteiger partial charge in [0, 0.05) is 33.3 Å². The number of aromatic nitrogens is 4. The van der Waals surface area contributed by atoms with Gasteiger partial charge in [-0.1, -0.05) is 84.5 Å². The van der Waals surface area contributed by atoms with Crippen LogP contribution in [0.5, 0.6) is 0 Å². The average Bonchev–Trinajstić information content (AvgIpc) is 3.56. The standard InChI is InChI=1S/C26H24Cl2N8O2S3/c1-4-18-32-33-23(40-18)31-17(38)11-39-25-35-34-24(41-25)36-15-8-26(2,3)9-16(37)21(15)19(12(10-29)22(36)30)20-13(27)6-5-7-14(20)28/h5-7,19H,4,8-9,11,30H2,1-3H3,(H,31,33,38). The van der Waals surface area contributed by atoms with Crippen LogP contribution in [0.1, 0.15) is 50.1 Å². The number of carbonyl (C=O) groups excluding carboxylic acids is 2. The highest BCUT2D eigenvalue weighted by molar-refractivity contribution is 8.01. The van der Waals surface area contributed by atoms with E-state index in [2.05, 4.69) is 31.8 Å². The number of ketones is 1. The van der Waals surface area contributed by atoms with E-state index in [4.69, 9.17) is 28.9 Å². The number of carbonyl (C=O) groups is 2. The molecule has 1 aliphatic heterocycles. The van der Waals surface area contributed by atoms with Gasteiger partial charge in [0.05, 0.1) is 23.3 Å². The predicted molar refractivity (Wildman–Crippen MR) is 162 cm³/mol. The molecule has 2 aromatic heterocycles. The Morgan fingerprint density at radius 3 is 2.61 bits per heavy atom. The molecular formula is C26H24Cl2N8O2S3. The van der Waals surface area contributed by atoms with Crippen molar-refractivity contribution in [1.29, 1.82) is 5.26 Å². The summed E-state index contributed by atoms with van der Waals surface area (Å²) in [4.78, 5) is 27.8. The summed E-state index contributed by atoms with van der Waals surface area (Å²) in [6.07, 6.45) is 1.53. The zero-order valence-corrected chi connectivity index (χ0v) is 26.2. The molecule has 1 unspecified atom stereocenters. The van der Waals surface area contributed by atoms with Gasteiger partial charge in [-0.15, -0.1) is 20.4 Å². The minimum Gasteiger partial charge on any atom is -0.384 e. The Kier molecular flexibility index (Phi) is 8.41. The molecule has 0 fully saturated rings. The Morgan fingerprint density at radius 1 is 1.22 bits per heavy atom. The molecule has 0 radical (unpaired) electrons. The van der Waals surface area contributed by atoms with E-state index in [1.54, 1.807) is 23.1 Å². The zero-order chi connectivity index (χ0) is 29.5. The van der Waals surface area contributed by atoms with E-state index in [-0.39, 0.29) is 40.7 Å². The Hall–Kier alpha value is -3.02. The molecule has 10 nitrogen and oxygen atoms in total. The number of nitrogens with two attached hydrogens (primary N) is 1. The minimum atomic E-state index is -0.810. The first-order chi connectivity index (χ1) is 19.5. The lowest BCUT2D eigenvalue weighted by Gasteiger charge is -2.42. The van der Waals surface area contributed by atoms with Crippen molar-refractivity contribution < 1.29 is 9.59 Å². The first kappa shape index (κ1) is 29.5. The average molecular weight is 648 g/mol. The van der Waals surface area contributed by atoms with Crippen LogP contribution in [-0.4, -0.2) is 37.8 Å². The van der Waals surface area contributed by atoms with Gasteiger partial charge in [0.2, 0.25) is 16.2 Å². The van der Waals surface area contributed by atoms with Gasteiger partial charge >= 0.3 is 0 Å². The fourth-order valence-corrected chi connectivity index (χ4v) is 7.88. The summed E-state index contributed by atoms with van der Waals surface area (Å²) >= 11 is 16.9. The van der Waals surface area contributed by atoms with Crippen LogP contribution in [0.3, 0.4) is 0 Å². The number of thioether (sulfide) groups is 1. The number of hydrogen-bond acceptors (Lipinski definition) is 12. The molecule has 1 aromatic carbocycles. The number of halogens is 2. The van der Waals surface area contributed by atoms with Gasteiger partial charge in [0.25, 0.3) is 0 Å². The number of aryl methyl sites for hydroxylation is 1. The molecule has 0 saturated carbocycles. The van der Waals surface area contributed by atoms with Crippen LogP contribution >= 0.6 is 57.6 Å². The molecule has 1 amide bonds. The van der Waals surface area contributed by atoms with Crippen molar-refractivity contribution in [3.8, 4) is 6.07 Å². The van der Waals surface area contributed by atoms with Gasteiger partial charge < -0.3 is 5.73 Å². The number of hydrogen-bond donors (Lipinski definition) is 2. The largest absolute Gasteiger partial charge is 0.384 e. The molecule has 0 bridgehead atoms. The van der Waals surface area contributed by atoms with Crippen LogP contribution < -0.4 is 16.0 Å². The summed E-state index contributed by atoms with van der Waals surface area (Å²) < 4.78 is 0.521. The number of benzene rings is 1. The third-order valence-corrected chi connectivity index (χ3v) is 10.3. The fourth-order valence-electron chi connectivity index (χ4n) is 4.88. The highest BCUT2D eigenvalue weighted by Gasteiger charge is 2.46. The van der Waals surface area contributed by atoms with Crippen molar-refractivity contribution in [2.75, 3.05) is 16.0 Å². The van der Waals surface area contributed by atoms with Gasteiger partial charge in [-0.2, -0.15) is 5.26 Å². The maximum absolute atomic E-state index is 13.7. The van der Waals surface area contributed by atoms with Crippen molar-refractivity contribution in [2.45, 2.75) is 50.3 Å². The molecule has 1 aliphatic carbocycles. The van der Waals surface area contributed by atoms with E-state index in [0.717, 1.165) is 11.4 Å². The molecule has 3 aromatic rings. The van der Waals surface area contributed by atoms with Gasteiger partial charge in [0.1, 0.15) is 10.8 Å². The third-order valence-electron chi connectivity index (χ3n) is 6.60. The number of nitrogens with zero attached hydrogens (tertiary/aromatic N) is 6. The Morgan fingerprint density at radius 2 is 1.95 bits per heavy atom. The Bertz CT molecular complexity index is 1640. The summed E-state index contributed by atoms with van der Waals surface area (Å²) in [5.41, 5.74) is 7.99. The number of rotatable bonds is 7. The van der Waals surface area contributed by atoms with Crippen molar-refractivity contribution in [3.63, 3.8) is 0 Å². The number of allylic oxidation sites excluding steroid dienone is 3. The second-order valence-electron chi connectivity index (χ2n) is 10.2. The summed E-state index contributed by atoms with van der Waals surface area (Å²) in [6, 6.07) is 7.27. The Labute approximate surface area is 258 Å². The molecule has 2 aliphatic rings. The minimum absolute atomic E-state index is 0.0803. The number of anilines is 2. The smallest absolute Gasteiger partial charge is 0.236 e. The van der Waals surface area contributed by atoms with E-state index in [0.29, 0.717) is 47.9 Å². The van der Waals surface area contributed by atoms with Crippen molar-refractivity contribution in [2.24, 2.45) is 11.1 Å². The Balaban J connectivity index is 1.49. The van der Waals surface area contributed by atoms with Gasteiger partial charge in [-0.05, 0) is 30.4 Å². The molecule has 3 N–H and O–H groups in total. The van der Waals surface area contributed by atoms with Crippen LogP contribution in [0.25, 0.3) is 0 Å². The maximum Gasteiger partial charge on any atom is 0.236 e. The zero-order valence-electron chi connectivity index (χ0n) is 22.2. The second-order valence-corrected chi connectivity index (χ2v) is 14.2. The molecule has 41 heavy (non-hydrogen) atoms. The van der Waals surface area contributed by atoms with Gasteiger partial charge in [-0.3, -0.25) is 19.8 Å². The highest BCUT2D eigenvalue weighted by Crippen LogP contribution is 2.52. The number of amides is 1. The molecule has 15 heteroatoms. The van der Waals surface area contributed by atoms with E-state index in [1.807, 2.05) is 20.8 Å². The summed E-state index contributed by atoms with van der Waals surface area (Å²) in [7, 11) is 0. The number of nitriles is 1. The van der Waals surface area contributed by atoms with E-state index in [9.17, 15) is 14.9 Å². The van der Waals surface area contributed by atoms with Crippen molar-refractivity contribution in [3.05, 3.63) is 61.5 Å². The van der Waals surface area contributed by atoms with E-state index < -0.39 is 5.92 Å². The first-order valence-electron chi connectivity index (χ1n) is 12.5. The van der Waals surface area contributed by atoms with Crippen molar-refractivity contribution >= 4 is 79.6 Å². The molecule has 0 saturated heterocycles.